The van der Waals surface area contributed by atoms with Crippen LogP contribution < -0.4 is 5.32 Å². The zero-order chi connectivity index (χ0) is 27.8. The average Bonchev–Trinajstić information content (AvgIpc) is 3.34. The molecule has 1 aromatic carbocycles. The standard InChI is InChI=1S/C25H26ClF3N4O3S2/c1-4-38(35,36)17-7-6-16(30-11-17)10-21(34)31-24-32-22-20(37-24)13-33(23(22)14(2)3)12-15-5-8-18(19(26)9-15)25(27,28)29/h5-9,11,14,23H,4,10,12-13H2,1-3H3,(H,31,32,34)/t23-/m1/s1. The molecule has 0 unspecified atom stereocenters. The van der Waals surface area contributed by atoms with E-state index in [0.717, 1.165) is 16.6 Å². The third-order valence-corrected chi connectivity index (χ3v) is 9.23. The van der Waals surface area contributed by atoms with E-state index in [2.05, 4.69) is 20.2 Å². The van der Waals surface area contributed by atoms with Gasteiger partial charge < -0.3 is 5.32 Å². The summed E-state index contributed by atoms with van der Waals surface area (Å²) in [5, 5.41) is 2.92. The van der Waals surface area contributed by atoms with E-state index in [-0.39, 0.29) is 40.0 Å². The number of rotatable bonds is 8. The van der Waals surface area contributed by atoms with Gasteiger partial charge in [0.05, 0.1) is 39.4 Å². The fourth-order valence-electron chi connectivity index (χ4n) is 4.42. The van der Waals surface area contributed by atoms with Gasteiger partial charge in [0.1, 0.15) is 0 Å². The molecule has 0 spiro atoms. The highest BCUT2D eigenvalue weighted by Crippen LogP contribution is 2.43. The van der Waals surface area contributed by atoms with Gasteiger partial charge in [-0.25, -0.2) is 13.4 Å². The Bertz CT molecular complexity index is 1440. The first-order chi connectivity index (χ1) is 17.8. The highest BCUT2D eigenvalue weighted by Gasteiger charge is 2.37. The first kappa shape index (κ1) is 28.5. The van der Waals surface area contributed by atoms with Crippen molar-refractivity contribution in [1.82, 2.24) is 14.9 Å². The molecule has 0 bridgehead atoms. The number of nitrogens with zero attached hydrogens (tertiary/aromatic N) is 3. The topological polar surface area (TPSA) is 92.3 Å². The number of anilines is 1. The quantitative estimate of drug-likeness (QED) is 0.353. The first-order valence-electron chi connectivity index (χ1n) is 11.8. The normalized spacial score (nSPS) is 16.2. The Morgan fingerprint density at radius 1 is 1.26 bits per heavy atom. The van der Waals surface area contributed by atoms with Gasteiger partial charge in [-0.3, -0.25) is 14.7 Å². The van der Waals surface area contributed by atoms with Gasteiger partial charge >= 0.3 is 6.18 Å². The lowest BCUT2D eigenvalue weighted by Crippen LogP contribution is -2.26. The van der Waals surface area contributed by atoms with E-state index in [1.807, 2.05) is 13.8 Å². The van der Waals surface area contributed by atoms with E-state index in [0.29, 0.717) is 29.5 Å². The molecule has 1 aliphatic rings. The molecule has 204 valence electrons. The molecule has 0 saturated carbocycles. The highest BCUT2D eigenvalue weighted by molar-refractivity contribution is 7.91. The molecule has 1 amide bonds. The average molecular weight is 587 g/mol. The predicted molar refractivity (Wildman–Crippen MR) is 140 cm³/mol. The summed E-state index contributed by atoms with van der Waals surface area (Å²) in [6, 6.07) is 6.68. The van der Waals surface area contributed by atoms with Crippen molar-refractivity contribution in [2.45, 2.75) is 57.4 Å². The van der Waals surface area contributed by atoms with Crippen molar-refractivity contribution in [3.8, 4) is 0 Å². The molecule has 0 aliphatic carbocycles. The van der Waals surface area contributed by atoms with Crippen molar-refractivity contribution in [3.05, 3.63) is 68.9 Å². The van der Waals surface area contributed by atoms with Gasteiger partial charge in [-0.15, -0.1) is 11.3 Å². The summed E-state index contributed by atoms with van der Waals surface area (Å²) in [5.74, 6) is -0.196. The molecule has 0 radical (unpaired) electrons. The number of amides is 1. The minimum Gasteiger partial charge on any atom is -0.302 e. The SMILES string of the molecule is CCS(=O)(=O)c1ccc(CC(=O)Nc2nc3c(s2)CN(Cc2ccc(C(F)(F)F)c(Cl)c2)[C@@H]3C(C)C)nc1. The second-order valence-electron chi connectivity index (χ2n) is 9.35. The molecule has 3 heterocycles. The third kappa shape index (κ3) is 6.19. The van der Waals surface area contributed by atoms with Crippen molar-refractivity contribution >= 4 is 43.8 Å². The lowest BCUT2D eigenvalue weighted by atomic mass is 10.0. The number of carbonyl (C=O) groups excluding carboxylic acids is 1. The van der Waals surface area contributed by atoms with E-state index in [4.69, 9.17) is 11.6 Å². The van der Waals surface area contributed by atoms with Crippen molar-refractivity contribution in [1.29, 1.82) is 0 Å². The molecule has 3 aromatic rings. The third-order valence-electron chi connectivity index (χ3n) is 6.23. The number of benzene rings is 1. The van der Waals surface area contributed by atoms with Gasteiger partial charge in [0.25, 0.3) is 0 Å². The molecular weight excluding hydrogens is 561 g/mol. The van der Waals surface area contributed by atoms with Crippen LogP contribution in [0.5, 0.6) is 0 Å². The van der Waals surface area contributed by atoms with Crippen molar-refractivity contribution in [2.24, 2.45) is 5.92 Å². The van der Waals surface area contributed by atoms with Crippen LogP contribution in [0.3, 0.4) is 0 Å². The van der Waals surface area contributed by atoms with Crippen LogP contribution in [0.25, 0.3) is 0 Å². The van der Waals surface area contributed by atoms with Crippen LogP contribution in [0.1, 0.15) is 54.2 Å². The Labute approximate surface area is 228 Å². The number of nitrogens with one attached hydrogen (secondary N) is 1. The molecule has 38 heavy (non-hydrogen) atoms. The van der Waals surface area contributed by atoms with E-state index in [1.54, 1.807) is 6.92 Å². The second kappa shape index (κ2) is 10.9. The number of halogens is 4. The van der Waals surface area contributed by atoms with Gasteiger partial charge in [-0.1, -0.05) is 38.4 Å². The number of pyridine rings is 1. The van der Waals surface area contributed by atoms with E-state index < -0.39 is 21.6 Å². The molecule has 0 saturated heterocycles. The summed E-state index contributed by atoms with van der Waals surface area (Å²) in [6.45, 7) is 6.58. The Hall–Kier alpha value is -2.54. The van der Waals surface area contributed by atoms with Gasteiger partial charge in [-0.2, -0.15) is 13.2 Å². The fourth-order valence-corrected chi connectivity index (χ4v) is 6.60. The summed E-state index contributed by atoms with van der Waals surface area (Å²) >= 11 is 7.26. The minimum atomic E-state index is -4.51. The minimum absolute atomic E-state index is 0.0316. The number of alkyl halides is 3. The van der Waals surface area contributed by atoms with Crippen LogP contribution in [0.15, 0.2) is 41.4 Å². The van der Waals surface area contributed by atoms with Crippen LogP contribution in [-0.2, 0) is 40.3 Å². The largest absolute Gasteiger partial charge is 0.417 e. The van der Waals surface area contributed by atoms with E-state index in [9.17, 15) is 26.4 Å². The van der Waals surface area contributed by atoms with E-state index in [1.165, 1.54) is 41.8 Å². The number of aromatic nitrogens is 2. The zero-order valence-corrected chi connectivity index (χ0v) is 23.2. The Morgan fingerprint density at radius 2 is 2.00 bits per heavy atom. The maximum absolute atomic E-state index is 13.1. The van der Waals surface area contributed by atoms with Crippen LogP contribution in [0, 0.1) is 5.92 Å². The lowest BCUT2D eigenvalue weighted by molar-refractivity contribution is -0.137. The van der Waals surface area contributed by atoms with E-state index >= 15 is 0 Å². The molecule has 1 atom stereocenters. The second-order valence-corrected chi connectivity index (χ2v) is 13.1. The van der Waals surface area contributed by atoms with Crippen LogP contribution in [0.4, 0.5) is 18.3 Å². The Kier molecular flexibility index (Phi) is 8.17. The number of carbonyl (C=O) groups is 1. The number of fused-ring (bicyclic) bond motifs is 1. The molecule has 2 aromatic heterocycles. The van der Waals surface area contributed by atoms with Gasteiger partial charge in [0.15, 0.2) is 15.0 Å². The maximum Gasteiger partial charge on any atom is 0.417 e. The van der Waals surface area contributed by atoms with Gasteiger partial charge in [-0.05, 0) is 35.7 Å². The fraction of sp³-hybridized carbons (Fsp3) is 0.400. The zero-order valence-electron chi connectivity index (χ0n) is 20.8. The Balaban J connectivity index is 1.43. The first-order valence-corrected chi connectivity index (χ1v) is 14.7. The van der Waals surface area contributed by atoms with Gasteiger partial charge in [0.2, 0.25) is 5.91 Å². The summed E-state index contributed by atoms with van der Waals surface area (Å²) in [4.78, 5) is 24.6. The molecule has 1 aliphatic heterocycles. The highest BCUT2D eigenvalue weighted by atomic mass is 35.5. The molecule has 1 N–H and O–H groups in total. The van der Waals surface area contributed by atoms with Crippen molar-refractivity contribution in [3.63, 3.8) is 0 Å². The number of thiazole rings is 1. The van der Waals surface area contributed by atoms with Gasteiger partial charge in [0, 0.05) is 29.9 Å². The Morgan fingerprint density at radius 3 is 2.58 bits per heavy atom. The van der Waals surface area contributed by atoms with Crippen LogP contribution in [0.2, 0.25) is 5.02 Å². The smallest absolute Gasteiger partial charge is 0.302 e. The molecule has 0 fully saturated rings. The lowest BCUT2D eigenvalue weighted by Gasteiger charge is -2.28. The molecule has 4 rings (SSSR count). The number of sulfone groups is 1. The predicted octanol–water partition coefficient (Wildman–Crippen LogP) is 5.90. The molecular formula is C25H26ClF3N4O3S2. The summed E-state index contributed by atoms with van der Waals surface area (Å²) in [6.07, 6.45) is -3.29. The van der Waals surface area contributed by atoms with Crippen LogP contribution >= 0.6 is 22.9 Å². The summed E-state index contributed by atoms with van der Waals surface area (Å²) in [7, 11) is -3.36. The summed E-state index contributed by atoms with van der Waals surface area (Å²) < 4.78 is 63.0. The van der Waals surface area contributed by atoms with Crippen LogP contribution in [-0.4, -0.2) is 34.9 Å². The molecule has 7 nitrogen and oxygen atoms in total. The number of hydrogen-bond acceptors (Lipinski definition) is 7. The maximum atomic E-state index is 13.1. The molecule has 13 heteroatoms. The number of hydrogen-bond donors (Lipinski definition) is 1. The van der Waals surface area contributed by atoms with Crippen molar-refractivity contribution in [2.75, 3.05) is 11.1 Å². The monoisotopic (exact) mass is 586 g/mol. The van der Waals surface area contributed by atoms with Crippen molar-refractivity contribution < 1.29 is 26.4 Å². The summed E-state index contributed by atoms with van der Waals surface area (Å²) in [5.41, 5.74) is 1.08.